The van der Waals surface area contributed by atoms with Crippen molar-refractivity contribution in [3.63, 3.8) is 0 Å². The summed E-state index contributed by atoms with van der Waals surface area (Å²) in [6, 6.07) is 5.54. The highest BCUT2D eigenvalue weighted by Gasteiger charge is 2.18. The predicted octanol–water partition coefficient (Wildman–Crippen LogP) is 0.730. The second kappa shape index (κ2) is 4.96. The van der Waals surface area contributed by atoms with Gasteiger partial charge in [-0.3, -0.25) is 9.36 Å². The number of nitrogens with one attached hydrogen (secondary N) is 1. The molecule has 6 nitrogen and oxygen atoms in total. The number of fused-ring (bicyclic) bond motifs is 1. The standard InChI is InChI=1S/C14H16N4O2/c1-10-2-3-11-12(8-10)16-9-18(13(11)19)7-6-17-5-4-15-14(17)20/h2-3,8-9H,4-7H2,1H3,(H,15,20). The average Bonchev–Trinajstić information content (AvgIpc) is 2.83. The third kappa shape index (κ3) is 2.24. The number of benzene rings is 1. The van der Waals surface area contributed by atoms with Crippen molar-refractivity contribution in [3.8, 4) is 0 Å². The maximum absolute atomic E-state index is 12.3. The van der Waals surface area contributed by atoms with Gasteiger partial charge in [0.1, 0.15) is 0 Å². The summed E-state index contributed by atoms with van der Waals surface area (Å²) >= 11 is 0. The number of carbonyl (C=O) groups is 1. The van der Waals surface area contributed by atoms with Crippen LogP contribution in [-0.2, 0) is 6.54 Å². The van der Waals surface area contributed by atoms with Gasteiger partial charge in [0.15, 0.2) is 0 Å². The van der Waals surface area contributed by atoms with E-state index in [1.54, 1.807) is 21.9 Å². The molecule has 2 aromatic rings. The number of hydrogen-bond donors (Lipinski definition) is 1. The molecular formula is C14H16N4O2. The number of rotatable bonds is 3. The van der Waals surface area contributed by atoms with E-state index in [-0.39, 0.29) is 11.6 Å². The zero-order valence-electron chi connectivity index (χ0n) is 11.3. The fourth-order valence-electron chi connectivity index (χ4n) is 2.38. The number of aryl methyl sites for hydroxylation is 1. The van der Waals surface area contributed by atoms with Crippen molar-refractivity contribution < 1.29 is 4.79 Å². The van der Waals surface area contributed by atoms with E-state index in [1.165, 1.54) is 0 Å². The lowest BCUT2D eigenvalue weighted by Gasteiger charge is -2.14. The second-order valence-electron chi connectivity index (χ2n) is 4.98. The van der Waals surface area contributed by atoms with Crippen LogP contribution in [0.4, 0.5) is 4.79 Å². The number of carbonyl (C=O) groups excluding carboxylic acids is 1. The zero-order valence-corrected chi connectivity index (χ0v) is 11.3. The number of urea groups is 1. The van der Waals surface area contributed by atoms with Crippen LogP contribution >= 0.6 is 0 Å². The van der Waals surface area contributed by atoms with Gasteiger partial charge in [-0.05, 0) is 24.6 Å². The van der Waals surface area contributed by atoms with Crippen molar-refractivity contribution in [2.24, 2.45) is 0 Å². The van der Waals surface area contributed by atoms with Gasteiger partial charge in [0.2, 0.25) is 0 Å². The molecule has 2 heterocycles. The Bertz CT molecular complexity index is 723. The van der Waals surface area contributed by atoms with Crippen LogP contribution in [-0.4, -0.2) is 40.1 Å². The van der Waals surface area contributed by atoms with Crippen LogP contribution in [0.15, 0.2) is 29.3 Å². The molecule has 0 saturated carbocycles. The van der Waals surface area contributed by atoms with Gasteiger partial charge in [-0.2, -0.15) is 0 Å². The van der Waals surface area contributed by atoms with Gasteiger partial charge in [-0.15, -0.1) is 0 Å². The Kier molecular flexibility index (Phi) is 3.14. The molecule has 0 spiro atoms. The molecule has 1 fully saturated rings. The molecule has 1 aliphatic rings. The van der Waals surface area contributed by atoms with Gasteiger partial charge in [0.05, 0.1) is 17.2 Å². The monoisotopic (exact) mass is 272 g/mol. The summed E-state index contributed by atoms with van der Waals surface area (Å²) in [4.78, 5) is 29.8. The molecule has 0 radical (unpaired) electrons. The molecule has 1 N–H and O–H groups in total. The van der Waals surface area contributed by atoms with Gasteiger partial charge in [0.25, 0.3) is 5.56 Å². The van der Waals surface area contributed by atoms with E-state index in [9.17, 15) is 9.59 Å². The Hall–Kier alpha value is -2.37. The van der Waals surface area contributed by atoms with E-state index in [2.05, 4.69) is 10.3 Å². The molecule has 3 rings (SSSR count). The molecule has 1 aromatic carbocycles. The van der Waals surface area contributed by atoms with Crippen molar-refractivity contribution in [1.29, 1.82) is 0 Å². The van der Waals surface area contributed by atoms with Crippen LogP contribution in [0.3, 0.4) is 0 Å². The smallest absolute Gasteiger partial charge is 0.317 e. The first kappa shape index (κ1) is 12.7. The van der Waals surface area contributed by atoms with Crippen molar-refractivity contribution >= 4 is 16.9 Å². The molecule has 104 valence electrons. The van der Waals surface area contributed by atoms with Crippen LogP contribution < -0.4 is 10.9 Å². The lowest BCUT2D eigenvalue weighted by molar-refractivity contribution is 0.215. The van der Waals surface area contributed by atoms with Crippen molar-refractivity contribution in [2.75, 3.05) is 19.6 Å². The SMILES string of the molecule is Cc1ccc2c(=O)n(CCN3CCNC3=O)cnc2c1. The largest absolute Gasteiger partial charge is 0.336 e. The first-order valence-electron chi connectivity index (χ1n) is 6.64. The highest BCUT2D eigenvalue weighted by molar-refractivity contribution is 5.78. The van der Waals surface area contributed by atoms with Crippen LogP contribution in [0.25, 0.3) is 10.9 Å². The minimum atomic E-state index is -0.0672. The molecule has 0 unspecified atom stereocenters. The van der Waals surface area contributed by atoms with Gasteiger partial charge in [-0.25, -0.2) is 9.78 Å². The number of hydrogen-bond acceptors (Lipinski definition) is 3. The Morgan fingerprint density at radius 3 is 2.90 bits per heavy atom. The molecule has 0 aliphatic carbocycles. The van der Waals surface area contributed by atoms with Crippen molar-refractivity contribution in [3.05, 3.63) is 40.4 Å². The molecule has 1 saturated heterocycles. The summed E-state index contributed by atoms with van der Waals surface area (Å²) in [5.41, 5.74) is 1.73. The van der Waals surface area contributed by atoms with E-state index < -0.39 is 0 Å². The molecular weight excluding hydrogens is 256 g/mol. The maximum atomic E-state index is 12.3. The number of nitrogens with zero attached hydrogens (tertiary/aromatic N) is 3. The average molecular weight is 272 g/mol. The summed E-state index contributed by atoms with van der Waals surface area (Å²) in [5, 5.41) is 3.36. The van der Waals surface area contributed by atoms with E-state index in [4.69, 9.17) is 0 Å². The van der Waals surface area contributed by atoms with Crippen LogP contribution in [0.1, 0.15) is 5.56 Å². The zero-order chi connectivity index (χ0) is 14.1. The van der Waals surface area contributed by atoms with Gasteiger partial charge in [-0.1, -0.05) is 6.07 Å². The summed E-state index contributed by atoms with van der Waals surface area (Å²) < 4.78 is 1.56. The lowest BCUT2D eigenvalue weighted by Crippen LogP contribution is -2.33. The third-order valence-electron chi connectivity index (χ3n) is 3.54. The lowest BCUT2D eigenvalue weighted by atomic mass is 10.2. The van der Waals surface area contributed by atoms with Gasteiger partial charge < -0.3 is 10.2 Å². The van der Waals surface area contributed by atoms with Crippen LogP contribution in [0, 0.1) is 6.92 Å². The van der Waals surface area contributed by atoms with Crippen LogP contribution in [0.5, 0.6) is 0 Å². The molecule has 6 heteroatoms. The fraction of sp³-hybridized carbons (Fsp3) is 0.357. The third-order valence-corrected chi connectivity index (χ3v) is 3.54. The van der Waals surface area contributed by atoms with E-state index in [0.29, 0.717) is 37.1 Å². The Balaban J connectivity index is 1.85. The minimum absolute atomic E-state index is 0.0606. The Labute approximate surface area is 116 Å². The Morgan fingerprint density at radius 2 is 2.15 bits per heavy atom. The highest BCUT2D eigenvalue weighted by Crippen LogP contribution is 2.09. The first-order valence-corrected chi connectivity index (χ1v) is 6.64. The Morgan fingerprint density at radius 1 is 1.30 bits per heavy atom. The molecule has 1 aliphatic heterocycles. The predicted molar refractivity (Wildman–Crippen MR) is 75.7 cm³/mol. The van der Waals surface area contributed by atoms with E-state index >= 15 is 0 Å². The molecule has 0 atom stereocenters. The molecule has 1 aromatic heterocycles. The highest BCUT2D eigenvalue weighted by atomic mass is 16.2. The molecule has 2 amide bonds. The van der Waals surface area contributed by atoms with Crippen molar-refractivity contribution in [1.82, 2.24) is 19.8 Å². The fourth-order valence-corrected chi connectivity index (χ4v) is 2.38. The molecule has 20 heavy (non-hydrogen) atoms. The van der Waals surface area contributed by atoms with Crippen molar-refractivity contribution in [2.45, 2.75) is 13.5 Å². The normalized spacial score (nSPS) is 14.8. The van der Waals surface area contributed by atoms with E-state index in [1.807, 2.05) is 19.1 Å². The van der Waals surface area contributed by atoms with Gasteiger partial charge >= 0.3 is 6.03 Å². The topological polar surface area (TPSA) is 67.2 Å². The summed E-state index contributed by atoms with van der Waals surface area (Å²) in [7, 11) is 0. The quantitative estimate of drug-likeness (QED) is 0.895. The summed E-state index contributed by atoms with van der Waals surface area (Å²) in [6.07, 6.45) is 1.55. The first-order chi connectivity index (χ1) is 9.65. The van der Waals surface area contributed by atoms with E-state index in [0.717, 1.165) is 5.56 Å². The summed E-state index contributed by atoms with van der Waals surface area (Å²) in [6.45, 7) is 4.31. The minimum Gasteiger partial charge on any atom is -0.336 e. The summed E-state index contributed by atoms with van der Waals surface area (Å²) in [5.74, 6) is 0. The number of amides is 2. The number of aromatic nitrogens is 2. The maximum Gasteiger partial charge on any atom is 0.317 e. The second-order valence-corrected chi connectivity index (χ2v) is 4.98. The molecule has 0 bridgehead atoms. The van der Waals surface area contributed by atoms with Gasteiger partial charge in [0, 0.05) is 26.2 Å². The van der Waals surface area contributed by atoms with Crippen LogP contribution in [0.2, 0.25) is 0 Å².